The summed E-state index contributed by atoms with van der Waals surface area (Å²) < 4.78 is 13.3. The van der Waals surface area contributed by atoms with Gasteiger partial charge in [-0.05, 0) is 36.2 Å². The van der Waals surface area contributed by atoms with Gasteiger partial charge in [0.25, 0.3) is 0 Å². The minimum absolute atomic E-state index is 0.549. The van der Waals surface area contributed by atoms with Gasteiger partial charge in [0, 0.05) is 39.1 Å². The van der Waals surface area contributed by atoms with Crippen LogP contribution in [0.25, 0.3) is 16.2 Å². The first-order chi connectivity index (χ1) is 13.0. The zero-order valence-electron chi connectivity index (χ0n) is 14.8. The number of fused-ring (bicyclic) bond motifs is 1. The molecule has 0 aliphatic rings. The summed E-state index contributed by atoms with van der Waals surface area (Å²) in [4.78, 5) is 5.46. The van der Waals surface area contributed by atoms with Crippen molar-refractivity contribution in [3.63, 3.8) is 0 Å². The second-order valence-corrected chi connectivity index (χ2v) is 9.03. The van der Waals surface area contributed by atoms with Crippen LogP contribution in [-0.2, 0) is 16.6 Å². The molecule has 0 fully saturated rings. The van der Waals surface area contributed by atoms with Crippen LogP contribution in [0.15, 0.2) is 48.7 Å². The van der Waals surface area contributed by atoms with Crippen LogP contribution in [0.1, 0.15) is 11.1 Å². The molecule has 0 aliphatic heterocycles. The average molecular weight is 417 g/mol. The topological polar surface area (TPSA) is 59.3 Å². The van der Waals surface area contributed by atoms with Crippen LogP contribution in [0.5, 0.6) is 0 Å². The Balaban J connectivity index is 1.60. The first kappa shape index (κ1) is 18.2. The van der Waals surface area contributed by atoms with Gasteiger partial charge < -0.3 is 5.32 Å². The largest absolute Gasteiger partial charge is 0.330 e. The van der Waals surface area contributed by atoms with Crippen molar-refractivity contribution in [3.05, 3.63) is 64.8 Å². The molecule has 2 aromatic carbocycles. The van der Waals surface area contributed by atoms with Gasteiger partial charge in [-0.15, -0.1) is 5.10 Å². The molecule has 0 bridgehead atoms. The van der Waals surface area contributed by atoms with Crippen LogP contribution >= 0.6 is 22.9 Å². The molecule has 0 saturated heterocycles. The third kappa shape index (κ3) is 3.90. The smallest absolute Gasteiger partial charge is 0.214 e. The summed E-state index contributed by atoms with van der Waals surface area (Å²) >= 11 is 7.43. The maximum absolute atomic E-state index is 11.5. The fraction of sp³-hybridized carbons (Fsp3) is 0.158. The monoisotopic (exact) mass is 416 g/mol. The number of aromatic nitrogens is 3. The molecule has 1 atom stereocenters. The summed E-state index contributed by atoms with van der Waals surface area (Å²) in [5.41, 5.74) is 4.99. The van der Waals surface area contributed by atoms with E-state index in [2.05, 4.69) is 15.4 Å². The second kappa shape index (κ2) is 7.42. The van der Waals surface area contributed by atoms with E-state index in [4.69, 9.17) is 11.6 Å². The van der Waals surface area contributed by atoms with Gasteiger partial charge in [-0.1, -0.05) is 47.2 Å². The highest BCUT2D eigenvalue weighted by Gasteiger charge is 2.12. The van der Waals surface area contributed by atoms with Gasteiger partial charge in [0.05, 0.1) is 11.9 Å². The Morgan fingerprint density at radius 1 is 1.22 bits per heavy atom. The lowest BCUT2D eigenvalue weighted by Gasteiger charge is -2.10. The van der Waals surface area contributed by atoms with Crippen LogP contribution < -0.4 is 5.32 Å². The quantitative estimate of drug-likeness (QED) is 0.495. The highest BCUT2D eigenvalue weighted by molar-refractivity contribution is 7.83. The number of hydrogen-bond acceptors (Lipinski definition) is 5. The molecule has 0 saturated carbocycles. The number of rotatable bonds is 5. The number of benzene rings is 2. The first-order valence-electron chi connectivity index (χ1n) is 8.27. The average Bonchev–Trinajstić information content (AvgIpc) is 3.17. The summed E-state index contributed by atoms with van der Waals surface area (Å²) in [6, 6.07) is 13.6. The van der Waals surface area contributed by atoms with Crippen molar-refractivity contribution in [3.8, 4) is 11.3 Å². The number of hydrogen-bond donors (Lipinski definition) is 1. The molecule has 0 radical (unpaired) electrons. The van der Waals surface area contributed by atoms with Gasteiger partial charge in [-0.25, -0.2) is 9.50 Å². The third-order valence-electron chi connectivity index (χ3n) is 4.23. The van der Waals surface area contributed by atoms with E-state index in [1.807, 2.05) is 55.6 Å². The molecule has 0 amide bonds. The van der Waals surface area contributed by atoms with Crippen molar-refractivity contribution in [2.45, 2.75) is 12.7 Å². The van der Waals surface area contributed by atoms with E-state index in [1.165, 1.54) is 11.3 Å². The molecular weight excluding hydrogens is 400 g/mol. The molecule has 2 aromatic heterocycles. The Morgan fingerprint density at radius 2 is 2.00 bits per heavy atom. The molecule has 8 heteroatoms. The minimum Gasteiger partial charge on any atom is -0.330 e. The number of nitrogens with zero attached hydrogens (tertiary/aromatic N) is 3. The summed E-state index contributed by atoms with van der Waals surface area (Å²) in [6.45, 7) is 2.03. The summed E-state index contributed by atoms with van der Waals surface area (Å²) in [7, 11) is -0.873. The maximum atomic E-state index is 11.5. The van der Waals surface area contributed by atoms with Crippen molar-refractivity contribution in [1.29, 1.82) is 0 Å². The second-order valence-electron chi connectivity index (χ2n) is 6.20. The van der Waals surface area contributed by atoms with Crippen molar-refractivity contribution in [1.82, 2.24) is 14.6 Å². The molecule has 4 aromatic rings. The van der Waals surface area contributed by atoms with E-state index in [0.29, 0.717) is 10.8 Å². The predicted molar refractivity (Wildman–Crippen MR) is 114 cm³/mol. The molecule has 1 unspecified atom stereocenters. The van der Waals surface area contributed by atoms with Crippen LogP contribution in [0.3, 0.4) is 0 Å². The van der Waals surface area contributed by atoms with Gasteiger partial charge in [0.1, 0.15) is 0 Å². The highest BCUT2D eigenvalue weighted by atomic mass is 35.5. The van der Waals surface area contributed by atoms with E-state index in [-0.39, 0.29) is 0 Å². The highest BCUT2D eigenvalue weighted by Crippen LogP contribution is 2.29. The number of halogens is 1. The molecule has 0 aliphatic carbocycles. The summed E-state index contributed by atoms with van der Waals surface area (Å²) in [5, 5.41) is 9.40. The minimum atomic E-state index is -0.873. The van der Waals surface area contributed by atoms with Crippen LogP contribution in [0.2, 0.25) is 5.02 Å². The summed E-state index contributed by atoms with van der Waals surface area (Å²) in [5.74, 6) is 0.549. The maximum Gasteiger partial charge on any atom is 0.214 e. The van der Waals surface area contributed by atoms with Crippen molar-refractivity contribution in [2.24, 2.45) is 0 Å². The molecule has 2 heterocycles. The van der Waals surface area contributed by atoms with Gasteiger partial charge in [-0.3, -0.25) is 4.21 Å². The van der Waals surface area contributed by atoms with E-state index in [9.17, 15) is 4.21 Å². The summed E-state index contributed by atoms with van der Waals surface area (Å²) in [6.07, 6.45) is 3.62. The lowest BCUT2D eigenvalue weighted by atomic mass is 10.1. The molecular formula is C19H17ClN4OS2. The zero-order valence-corrected chi connectivity index (χ0v) is 17.2. The lowest BCUT2D eigenvalue weighted by Crippen LogP contribution is -2.00. The molecule has 0 spiro atoms. The standard InChI is InChI=1S/C19H17ClN4OS2/c1-12-14(11-27(2)25)4-3-5-16(12)21-18-23-24-10-17(22-19(24)26-18)13-6-8-15(20)9-7-13/h3-10H,11H2,1-2H3,(H,21,23). The van der Waals surface area contributed by atoms with Crippen molar-refractivity contribution < 1.29 is 4.21 Å². The van der Waals surface area contributed by atoms with Crippen molar-refractivity contribution in [2.75, 3.05) is 11.6 Å². The zero-order chi connectivity index (χ0) is 19.0. The van der Waals surface area contributed by atoms with E-state index in [1.54, 1.807) is 10.8 Å². The van der Waals surface area contributed by atoms with Crippen LogP contribution in [0.4, 0.5) is 10.8 Å². The van der Waals surface area contributed by atoms with Crippen molar-refractivity contribution >= 4 is 49.5 Å². The van der Waals surface area contributed by atoms with Gasteiger partial charge in [0.2, 0.25) is 10.1 Å². The van der Waals surface area contributed by atoms with E-state index >= 15 is 0 Å². The van der Waals surface area contributed by atoms with E-state index < -0.39 is 10.8 Å². The van der Waals surface area contributed by atoms with Gasteiger partial charge in [0.15, 0.2) is 0 Å². The molecule has 138 valence electrons. The molecule has 5 nitrogen and oxygen atoms in total. The van der Waals surface area contributed by atoms with Crippen LogP contribution in [0, 0.1) is 6.92 Å². The van der Waals surface area contributed by atoms with Gasteiger partial charge >= 0.3 is 0 Å². The Kier molecular flexibility index (Phi) is 4.99. The normalized spacial score (nSPS) is 12.4. The number of nitrogens with one attached hydrogen (secondary N) is 1. The van der Waals surface area contributed by atoms with E-state index in [0.717, 1.165) is 38.2 Å². The van der Waals surface area contributed by atoms with Gasteiger partial charge in [-0.2, -0.15) is 0 Å². The fourth-order valence-electron chi connectivity index (χ4n) is 2.82. The third-order valence-corrected chi connectivity index (χ3v) is 6.04. The SMILES string of the molecule is Cc1c(CS(C)=O)cccc1Nc1nn2cc(-c3ccc(Cl)cc3)nc2s1. The lowest BCUT2D eigenvalue weighted by molar-refractivity contribution is 0.686. The Hall–Kier alpha value is -2.22. The fourth-order valence-corrected chi connectivity index (χ4v) is 4.49. The molecule has 27 heavy (non-hydrogen) atoms. The number of imidazole rings is 1. The number of anilines is 2. The predicted octanol–water partition coefficient (Wildman–Crippen LogP) is 5.04. The Morgan fingerprint density at radius 3 is 2.70 bits per heavy atom. The Bertz CT molecular complexity index is 1100. The Labute approximate surface area is 168 Å². The molecule has 1 N–H and O–H groups in total. The molecule has 4 rings (SSSR count). The van der Waals surface area contributed by atoms with Crippen LogP contribution in [-0.4, -0.2) is 25.1 Å². The first-order valence-corrected chi connectivity index (χ1v) is 11.2.